The van der Waals surface area contributed by atoms with Crippen molar-refractivity contribution in [2.45, 2.75) is 39.4 Å². The number of nitrogens with one attached hydrogen (secondary N) is 2. The van der Waals surface area contributed by atoms with Crippen molar-refractivity contribution >= 4 is 11.9 Å². The van der Waals surface area contributed by atoms with Crippen LogP contribution in [0, 0.1) is 11.7 Å². The summed E-state index contributed by atoms with van der Waals surface area (Å²) < 4.78 is 13.4. The molecule has 0 saturated carbocycles. The lowest BCUT2D eigenvalue weighted by molar-refractivity contribution is -0.123. The zero-order valence-electron chi connectivity index (χ0n) is 18.1. The van der Waals surface area contributed by atoms with Gasteiger partial charge in [0.25, 0.3) is 0 Å². The maximum absolute atomic E-state index is 13.4. The van der Waals surface area contributed by atoms with E-state index in [0.29, 0.717) is 19.0 Å². The van der Waals surface area contributed by atoms with Crippen molar-refractivity contribution < 1.29 is 9.18 Å². The highest BCUT2D eigenvalue weighted by atomic mass is 19.1. The Bertz CT molecular complexity index is 901. The lowest BCUT2D eigenvalue weighted by Gasteiger charge is -2.31. The molecule has 2 aromatic rings. The van der Waals surface area contributed by atoms with Crippen LogP contribution in [-0.4, -0.2) is 36.4 Å². The van der Waals surface area contributed by atoms with Crippen LogP contribution in [0.2, 0.25) is 0 Å². The third-order valence-electron chi connectivity index (χ3n) is 5.42. The molecule has 4 N–H and O–H groups in total. The van der Waals surface area contributed by atoms with Crippen LogP contribution in [0.5, 0.6) is 0 Å². The molecule has 1 aliphatic rings. The minimum absolute atomic E-state index is 0.0478. The number of carbonyl (C=O) groups excluding carboxylic acids is 1. The number of hydrogen-bond acceptors (Lipinski definition) is 3. The number of nitrogens with zero attached hydrogens (tertiary/aromatic N) is 2. The molecule has 1 heterocycles. The average molecular weight is 426 g/mol. The van der Waals surface area contributed by atoms with Gasteiger partial charge in [0.1, 0.15) is 5.82 Å². The van der Waals surface area contributed by atoms with Crippen LogP contribution in [-0.2, 0) is 24.4 Å². The molecule has 6 nitrogen and oxygen atoms in total. The second kappa shape index (κ2) is 11.5. The summed E-state index contributed by atoms with van der Waals surface area (Å²) in [7, 11) is 0. The smallest absolute Gasteiger partial charge is 0.221 e. The Balaban J connectivity index is 1.58. The van der Waals surface area contributed by atoms with E-state index >= 15 is 0 Å². The Kier molecular flexibility index (Phi) is 8.41. The Labute approximate surface area is 183 Å². The zero-order valence-corrected chi connectivity index (χ0v) is 18.1. The minimum Gasteiger partial charge on any atom is -0.369 e. The van der Waals surface area contributed by atoms with Crippen LogP contribution >= 0.6 is 0 Å². The molecule has 0 aromatic heterocycles. The van der Waals surface area contributed by atoms with Crippen LogP contribution in [0.1, 0.15) is 36.5 Å². The van der Waals surface area contributed by atoms with E-state index in [1.807, 2.05) is 19.1 Å². The Morgan fingerprint density at radius 3 is 2.71 bits per heavy atom. The molecule has 1 unspecified atom stereocenters. The number of guanidine groups is 1. The zero-order chi connectivity index (χ0) is 22.1. The van der Waals surface area contributed by atoms with Gasteiger partial charge in [0.05, 0.1) is 12.5 Å². The highest BCUT2D eigenvalue weighted by Gasteiger charge is 2.23. The van der Waals surface area contributed by atoms with E-state index in [1.165, 1.54) is 17.7 Å². The summed E-state index contributed by atoms with van der Waals surface area (Å²) in [6.45, 7) is 6.31. The highest BCUT2D eigenvalue weighted by molar-refractivity contribution is 5.79. The van der Waals surface area contributed by atoms with Gasteiger partial charge in [-0.1, -0.05) is 36.4 Å². The van der Waals surface area contributed by atoms with Gasteiger partial charge in [0.2, 0.25) is 5.91 Å². The third kappa shape index (κ3) is 7.36. The van der Waals surface area contributed by atoms with E-state index in [2.05, 4.69) is 38.7 Å². The average Bonchev–Trinajstić information content (AvgIpc) is 2.76. The third-order valence-corrected chi connectivity index (χ3v) is 5.42. The number of carbonyl (C=O) groups is 1. The van der Waals surface area contributed by atoms with Gasteiger partial charge < -0.3 is 16.4 Å². The van der Waals surface area contributed by atoms with E-state index < -0.39 is 0 Å². The normalized spacial score (nSPS) is 17.4. The van der Waals surface area contributed by atoms with Crippen LogP contribution < -0.4 is 16.4 Å². The quantitative estimate of drug-likeness (QED) is 0.449. The van der Waals surface area contributed by atoms with Crippen molar-refractivity contribution in [1.82, 2.24) is 15.5 Å². The van der Waals surface area contributed by atoms with E-state index in [0.717, 1.165) is 50.1 Å². The first-order chi connectivity index (χ1) is 15.0. The fraction of sp³-hybridized carbons (Fsp3) is 0.417. The van der Waals surface area contributed by atoms with Crippen LogP contribution in [0.3, 0.4) is 0 Å². The lowest BCUT2D eigenvalue weighted by atomic mass is 9.97. The van der Waals surface area contributed by atoms with Gasteiger partial charge >= 0.3 is 0 Å². The van der Waals surface area contributed by atoms with Crippen molar-refractivity contribution in [2.75, 3.05) is 19.6 Å². The maximum atomic E-state index is 13.4. The molecule has 7 heteroatoms. The SMILES string of the molecule is CCNC(=NCc1cccc(CN2CCCC(C(N)=O)C2)c1)NCc1cccc(F)c1. The molecule has 0 bridgehead atoms. The number of primary amides is 1. The van der Waals surface area contributed by atoms with Gasteiger partial charge in [-0.15, -0.1) is 0 Å². The fourth-order valence-electron chi connectivity index (χ4n) is 3.86. The number of aliphatic imine (C=N–C) groups is 1. The number of amides is 1. The number of likely N-dealkylation sites (tertiary alicyclic amines) is 1. The van der Waals surface area contributed by atoms with Gasteiger partial charge in [-0.05, 0) is 55.1 Å². The molecule has 0 aliphatic carbocycles. The molecule has 31 heavy (non-hydrogen) atoms. The molecule has 0 spiro atoms. The minimum atomic E-state index is -0.242. The van der Waals surface area contributed by atoms with Crippen molar-refractivity contribution in [3.8, 4) is 0 Å². The number of nitrogens with two attached hydrogens (primary N) is 1. The van der Waals surface area contributed by atoms with Crippen LogP contribution in [0.15, 0.2) is 53.5 Å². The lowest BCUT2D eigenvalue weighted by Crippen LogP contribution is -2.40. The van der Waals surface area contributed by atoms with Gasteiger partial charge in [0, 0.05) is 26.2 Å². The summed E-state index contributed by atoms with van der Waals surface area (Å²) in [6, 6.07) is 14.9. The summed E-state index contributed by atoms with van der Waals surface area (Å²) in [5.74, 6) is 0.203. The number of piperidine rings is 1. The monoisotopic (exact) mass is 425 g/mol. The van der Waals surface area contributed by atoms with Crippen molar-refractivity contribution in [3.63, 3.8) is 0 Å². The summed E-state index contributed by atoms with van der Waals surface area (Å²) in [4.78, 5) is 18.5. The number of rotatable bonds is 8. The van der Waals surface area contributed by atoms with E-state index in [-0.39, 0.29) is 17.6 Å². The molecule has 2 aromatic carbocycles. The molecule has 1 atom stereocenters. The molecule has 1 saturated heterocycles. The van der Waals surface area contributed by atoms with Gasteiger partial charge in [-0.2, -0.15) is 0 Å². The summed E-state index contributed by atoms with van der Waals surface area (Å²) >= 11 is 0. The summed E-state index contributed by atoms with van der Waals surface area (Å²) in [6.07, 6.45) is 1.89. The first kappa shape index (κ1) is 22.7. The predicted molar refractivity (Wildman–Crippen MR) is 122 cm³/mol. The molecular weight excluding hydrogens is 393 g/mol. The molecular formula is C24H32FN5O. The van der Waals surface area contributed by atoms with Crippen molar-refractivity contribution in [2.24, 2.45) is 16.6 Å². The standard InChI is InChI=1S/C24H32FN5O/c1-2-27-24(29-15-19-7-4-10-22(25)13-19)28-14-18-6-3-8-20(12-18)16-30-11-5-9-21(17-30)23(26)31/h3-4,6-8,10,12-13,21H,2,5,9,11,14-17H2,1H3,(H2,26,31)(H2,27,28,29). The first-order valence-electron chi connectivity index (χ1n) is 10.9. The predicted octanol–water partition coefficient (Wildman–Crippen LogP) is 2.78. The molecule has 0 radical (unpaired) electrons. The Morgan fingerprint density at radius 1 is 1.16 bits per heavy atom. The molecule has 1 aliphatic heterocycles. The highest BCUT2D eigenvalue weighted by Crippen LogP contribution is 2.19. The fourth-order valence-corrected chi connectivity index (χ4v) is 3.86. The molecule has 1 fully saturated rings. The summed E-state index contributed by atoms with van der Waals surface area (Å²) in [5, 5.41) is 6.48. The first-order valence-corrected chi connectivity index (χ1v) is 10.9. The van der Waals surface area contributed by atoms with Crippen molar-refractivity contribution in [3.05, 3.63) is 71.0 Å². The van der Waals surface area contributed by atoms with Gasteiger partial charge in [-0.25, -0.2) is 9.38 Å². The van der Waals surface area contributed by atoms with Crippen molar-refractivity contribution in [1.29, 1.82) is 0 Å². The second-order valence-corrected chi connectivity index (χ2v) is 7.98. The Hall–Kier alpha value is -2.93. The van der Waals surface area contributed by atoms with E-state index in [4.69, 9.17) is 5.73 Å². The summed E-state index contributed by atoms with van der Waals surface area (Å²) in [5.41, 5.74) is 8.68. The Morgan fingerprint density at radius 2 is 1.94 bits per heavy atom. The molecule has 1 amide bonds. The number of benzene rings is 2. The van der Waals surface area contributed by atoms with Crippen LogP contribution in [0.4, 0.5) is 4.39 Å². The number of halogens is 1. The van der Waals surface area contributed by atoms with E-state index in [1.54, 1.807) is 6.07 Å². The second-order valence-electron chi connectivity index (χ2n) is 7.98. The molecule has 3 rings (SSSR count). The van der Waals surface area contributed by atoms with Gasteiger partial charge in [-0.3, -0.25) is 9.69 Å². The number of hydrogen-bond donors (Lipinski definition) is 3. The van der Waals surface area contributed by atoms with Gasteiger partial charge in [0.15, 0.2) is 5.96 Å². The molecule has 166 valence electrons. The largest absolute Gasteiger partial charge is 0.369 e. The van der Waals surface area contributed by atoms with Crippen LogP contribution in [0.25, 0.3) is 0 Å². The van der Waals surface area contributed by atoms with E-state index in [9.17, 15) is 9.18 Å². The topological polar surface area (TPSA) is 82.8 Å². The maximum Gasteiger partial charge on any atom is 0.221 e.